The van der Waals surface area contributed by atoms with Crippen molar-refractivity contribution >= 4 is 28.1 Å². The highest BCUT2D eigenvalue weighted by Crippen LogP contribution is 2.31. The average Bonchev–Trinajstić information content (AvgIpc) is 2.69. The predicted molar refractivity (Wildman–Crippen MR) is 113 cm³/mol. The minimum atomic E-state index is -3.63. The number of benzene rings is 1. The van der Waals surface area contributed by atoms with Gasteiger partial charge < -0.3 is 10.5 Å². The van der Waals surface area contributed by atoms with Crippen LogP contribution in [0.15, 0.2) is 59.9 Å². The summed E-state index contributed by atoms with van der Waals surface area (Å²) in [5.41, 5.74) is 7.29. The highest BCUT2D eigenvalue weighted by atomic mass is 35.5. The molecule has 0 saturated carbocycles. The van der Waals surface area contributed by atoms with Crippen LogP contribution in [0.1, 0.15) is 6.42 Å². The fraction of sp³-hybridized carbons (Fsp3) is 0.200. The topological polar surface area (TPSA) is 95.2 Å². The predicted octanol–water partition coefficient (Wildman–Crippen LogP) is 3.76. The van der Waals surface area contributed by atoms with Crippen LogP contribution in [0.4, 0.5) is 10.2 Å². The Morgan fingerprint density at radius 3 is 2.48 bits per heavy atom. The van der Waals surface area contributed by atoms with E-state index in [2.05, 4.69) is 9.97 Å². The number of anilines is 1. The van der Waals surface area contributed by atoms with Gasteiger partial charge in [0.2, 0.25) is 0 Å². The molecule has 2 heterocycles. The van der Waals surface area contributed by atoms with Crippen molar-refractivity contribution in [2.45, 2.75) is 11.4 Å². The van der Waals surface area contributed by atoms with Crippen LogP contribution in [0.5, 0.6) is 0 Å². The second kappa shape index (κ2) is 9.78. The molecule has 0 unspecified atom stereocenters. The maximum Gasteiger partial charge on any atom is 0.196 e. The maximum atomic E-state index is 14.8. The van der Waals surface area contributed by atoms with Gasteiger partial charge >= 0.3 is 0 Å². The third-order valence-corrected chi connectivity index (χ3v) is 5.95. The summed E-state index contributed by atoms with van der Waals surface area (Å²) >= 11 is 0. The molecule has 0 fully saturated rings. The number of rotatable bonds is 7. The summed E-state index contributed by atoms with van der Waals surface area (Å²) in [7, 11) is -2.12. The number of pyridine rings is 2. The number of hydrogen-bond acceptors (Lipinski definition) is 6. The van der Waals surface area contributed by atoms with Crippen molar-refractivity contribution in [1.82, 2.24) is 9.97 Å². The van der Waals surface area contributed by atoms with Gasteiger partial charge in [-0.1, -0.05) is 12.1 Å². The van der Waals surface area contributed by atoms with Crippen molar-refractivity contribution in [2.75, 3.05) is 25.2 Å². The fourth-order valence-electron chi connectivity index (χ4n) is 2.83. The van der Waals surface area contributed by atoms with Crippen LogP contribution in [0.3, 0.4) is 0 Å². The summed E-state index contributed by atoms with van der Waals surface area (Å²) in [6.45, 7) is 0.334. The summed E-state index contributed by atoms with van der Waals surface area (Å²) in [6, 6.07) is 11.1. The van der Waals surface area contributed by atoms with E-state index in [1.807, 2.05) is 0 Å². The molecule has 0 aliphatic rings. The lowest BCUT2D eigenvalue weighted by Gasteiger charge is -2.11. The summed E-state index contributed by atoms with van der Waals surface area (Å²) < 4.78 is 45.0. The molecule has 6 nitrogen and oxygen atoms in total. The average molecular weight is 438 g/mol. The van der Waals surface area contributed by atoms with E-state index >= 15 is 0 Å². The van der Waals surface area contributed by atoms with E-state index in [4.69, 9.17) is 10.5 Å². The zero-order chi connectivity index (χ0) is 20.1. The molecule has 1 aromatic carbocycles. The summed E-state index contributed by atoms with van der Waals surface area (Å²) in [4.78, 5) is 8.02. The van der Waals surface area contributed by atoms with Gasteiger partial charge in [0.25, 0.3) is 0 Å². The number of ether oxygens (including phenoxy) is 1. The SMILES string of the molecule is COCCCS(=O)(=O)c1ncccc1-c1ccc(-c2ccc(N)nc2)c(F)c1.Cl. The molecule has 3 rings (SSSR count). The first-order valence-electron chi connectivity index (χ1n) is 8.61. The Morgan fingerprint density at radius 1 is 1.07 bits per heavy atom. The summed E-state index contributed by atoms with van der Waals surface area (Å²) in [5, 5.41) is -0.0626. The van der Waals surface area contributed by atoms with Gasteiger partial charge in [0.05, 0.1) is 5.75 Å². The number of methoxy groups -OCH3 is 1. The molecular weight excluding hydrogens is 417 g/mol. The molecule has 0 radical (unpaired) electrons. The molecule has 0 amide bonds. The number of nitrogen functional groups attached to an aromatic ring is 1. The van der Waals surface area contributed by atoms with Crippen molar-refractivity contribution < 1.29 is 17.5 Å². The zero-order valence-corrected chi connectivity index (χ0v) is 17.3. The van der Waals surface area contributed by atoms with Crippen LogP contribution < -0.4 is 5.73 Å². The molecule has 9 heteroatoms. The van der Waals surface area contributed by atoms with Gasteiger partial charge in [-0.05, 0) is 42.3 Å². The number of halogens is 2. The van der Waals surface area contributed by atoms with Crippen molar-refractivity contribution in [2.24, 2.45) is 0 Å². The van der Waals surface area contributed by atoms with Gasteiger partial charge in [-0.3, -0.25) is 0 Å². The molecule has 0 saturated heterocycles. The number of nitrogens with two attached hydrogens (primary N) is 1. The Hall–Kier alpha value is -2.55. The highest BCUT2D eigenvalue weighted by Gasteiger charge is 2.21. The quantitative estimate of drug-likeness (QED) is 0.565. The van der Waals surface area contributed by atoms with Crippen molar-refractivity contribution in [3.05, 3.63) is 60.7 Å². The third kappa shape index (κ3) is 5.29. The van der Waals surface area contributed by atoms with Crippen molar-refractivity contribution in [3.8, 4) is 22.3 Å². The maximum absolute atomic E-state index is 14.8. The van der Waals surface area contributed by atoms with Gasteiger partial charge in [0, 0.05) is 42.8 Å². The van der Waals surface area contributed by atoms with Gasteiger partial charge in [0.1, 0.15) is 11.6 Å². The largest absolute Gasteiger partial charge is 0.385 e. The lowest BCUT2D eigenvalue weighted by Crippen LogP contribution is -2.12. The molecule has 29 heavy (non-hydrogen) atoms. The smallest absolute Gasteiger partial charge is 0.196 e. The third-order valence-electron chi connectivity index (χ3n) is 4.20. The lowest BCUT2D eigenvalue weighted by atomic mass is 10.0. The Balaban J connectivity index is 0.00000300. The molecule has 0 aliphatic carbocycles. The summed E-state index contributed by atoms with van der Waals surface area (Å²) in [6.07, 6.45) is 3.26. The summed E-state index contributed by atoms with van der Waals surface area (Å²) in [5.74, 6) is -0.238. The molecule has 2 aromatic heterocycles. The standard InChI is InChI=1S/C20H20FN3O3S.ClH/c1-27-10-3-11-28(25,26)20-17(4-2-9-23-20)14-5-7-16(18(21)12-14)15-6-8-19(22)24-13-15;/h2,4-9,12-13H,3,10-11H2,1H3,(H2,22,24);1H. The Kier molecular flexibility index (Phi) is 7.66. The zero-order valence-electron chi connectivity index (χ0n) is 15.7. The molecule has 0 atom stereocenters. The van der Waals surface area contributed by atoms with Gasteiger partial charge in [-0.25, -0.2) is 22.8 Å². The van der Waals surface area contributed by atoms with Gasteiger partial charge in [-0.2, -0.15) is 0 Å². The Labute approximate surface area is 175 Å². The van der Waals surface area contributed by atoms with E-state index in [9.17, 15) is 12.8 Å². The van der Waals surface area contributed by atoms with Crippen LogP contribution in [0.25, 0.3) is 22.3 Å². The number of sulfone groups is 1. The monoisotopic (exact) mass is 437 g/mol. The molecule has 0 spiro atoms. The van der Waals surface area contributed by atoms with Crippen LogP contribution in [0, 0.1) is 5.82 Å². The number of nitrogens with zero attached hydrogens (tertiary/aromatic N) is 2. The second-order valence-electron chi connectivity index (χ2n) is 6.19. The van der Waals surface area contributed by atoms with Crippen molar-refractivity contribution in [3.63, 3.8) is 0 Å². The normalized spacial score (nSPS) is 11.1. The number of hydrogen-bond donors (Lipinski definition) is 1. The molecule has 3 aromatic rings. The first-order chi connectivity index (χ1) is 13.4. The van der Waals surface area contributed by atoms with E-state index in [1.165, 1.54) is 25.6 Å². The second-order valence-corrected chi connectivity index (χ2v) is 8.21. The van der Waals surface area contributed by atoms with Crippen LogP contribution in [-0.2, 0) is 14.6 Å². The number of aromatic nitrogens is 2. The van der Waals surface area contributed by atoms with Crippen molar-refractivity contribution in [1.29, 1.82) is 0 Å². The minimum Gasteiger partial charge on any atom is -0.385 e. The van der Waals surface area contributed by atoms with Crippen LogP contribution >= 0.6 is 12.4 Å². The van der Waals surface area contributed by atoms with E-state index in [0.29, 0.717) is 41.1 Å². The van der Waals surface area contributed by atoms with Gasteiger partial charge in [0.15, 0.2) is 14.9 Å². The first-order valence-corrected chi connectivity index (χ1v) is 10.3. The van der Waals surface area contributed by atoms with Crippen LogP contribution in [-0.4, -0.2) is 37.9 Å². The first kappa shape index (κ1) is 22.7. The van der Waals surface area contributed by atoms with E-state index in [0.717, 1.165) is 0 Å². The minimum absolute atomic E-state index is 0. The Bertz CT molecular complexity index is 1080. The molecular formula is C20H21ClFN3O3S. The lowest BCUT2D eigenvalue weighted by molar-refractivity contribution is 0.199. The van der Waals surface area contributed by atoms with Crippen LogP contribution in [0.2, 0.25) is 0 Å². The molecule has 0 bridgehead atoms. The van der Waals surface area contributed by atoms with Gasteiger partial charge in [-0.15, -0.1) is 12.4 Å². The fourth-order valence-corrected chi connectivity index (χ4v) is 4.26. The molecule has 154 valence electrons. The Morgan fingerprint density at radius 2 is 1.83 bits per heavy atom. The van der Waals surface area contributed by atoms with E-state index < -0.39 is 15.7 Å². The van der Waals surface area contributed by atoms with E-state index in [1.54, 1.807) is 36.4 Å². The molecule has 0 aliphatic heterocycles. The van der Waals surface area contributed by atoms with E-state index in [-0.39, 0.29) is 23.2 Å². The highest BCUT2D eigenvalue weighted by molar-refractivity contribution is 7.91. The molecule has 2 N–H and O–H groups in total.